The summed E-state index contributed by atoms with van der Waals surface area (Å²) < 4.78 is 9.57. The van der Waals surface area contributed by atoms with Gasteiger partial charge in [0.05, 0.1) is 34.9 Å². The normalized spacial score (nSPS) is 11.5. The van der Waals surface area contributed by atoms with Gasteiger partial charge in [-0.15, -0.1) is 16.4 Å². The number of fused-ring (bicyclic) bond motifs is 3. The number of ether oxygens (including phenoxy) is 1. The van der Waals surface area contributed by atoms with E-state index in [2.05, 4.69) is 43.2 Å². The van der Waals surface area contributed by atoms with Crippen LogP contribution >= 0.6 is 27.3 Å². The maximum Gasteiger partial charge on any atom is 0.348 e. The molecule has 0 amide bonds. The lowest BCUT2D eigenvalue weighted by atomic mass is 10.1. The van der Waals surface area contributed by atoms with E-state index in [4.69, 9.17) is 9.72 Å². The van der Waals surface area contributed by atoms with Gasteiger partial charge in [0, 0.05) is 5.56 Å². The molecule has 0 saturated carbocycles. The molecule has 1 aromatic carbocycles. The molecule has 5 aromatic rings. The number of esters is 1. The summed E-state index contributed by atoms with van der Waals surface area (Å²) in [6.07, 6.45) is 1.63. The number of aromatic nitrogens is 6. The number of carbonyl (C=O) groups excluding carboxylic acids is 1. The van der Waals surface area contributed by atoms with Crippen LogP contribution in [-0.4, -0.2) is 42.4 Å². The number of aryl methyl sites for hydroxylation is 2. The first-order valence-corrected chi connectivity index (χ1v) is 11.5. The quantitative estimate of drug-likeness (QED) is 0.325. The molecule has 0 radical (unpaired) electrons. The van der Waals surface area contributed by atoms with Crippen LogP contribution < -0.4 is 0 Å². The Labute approximate surface area is 196 Å². The van der Waals surface area contributed by atoms with Gasteiger partial charge in [-0.25, -0.2) is 19.3 Å². The van der Waals surface area contributed by atoms with Crippen LogP contribution in [0.3, 0.4) is 0 Å². The van der Waals surface area contributed by atoms with Gasteiger partial charge in [-0.1, -0.05) is 24.3 Å². The Hall–Kier alpha value is -3.11. The van der Waals surface area contributed by atoms with Crippen molar-refractivity contribution in [1.29, 1.82) is 0 Å². The number of benzene rings is 1. The first-order chi connectivity index (χ1) is 15.4. The Morgan fingerprint density at radius 3 is 2.56 bits per heavy atom. The highest BCUT2D eigenvalue weighted by atomic mass is 79.9. The van der Waals surface area contributed by atoms with Gasteiger partial charge in [0.25, 0.3) is 0 Å². The Morgan fingerprint density at radius 1 is 1.16 bits per heavy atom. The molecule has 0 aliphatic carbocycles. The van der Waals surface area contributed by atoms with E-state index in [1.165, 1.54) is 18.4 Å². The van der Waals surface area contributed by atoms with Crippen molar-refractivity contribution in [2.24, 2.45) is 0 Å². The number of nitrogens with zero attached hydrogens (tertiary/aromatic N) is 6. The summed E-state index contributed by atoms with van der Waals surface area (Å²) in [6.45, 7) is 6.60. The summed E-state index contributed by atoms with van der Waals surface area (Å²) in [5.41, 5.74) is 5.60. The molecule has 4 aromatic heterocycles. The van der Waals surface area contributed by atoms with Crippen molar-refractivity contribution < 1.29 is 9.53 Å². The Bertz CT molecular complexity index is 1500. The molecule has 0 saturated heterocycles. The minimum Gasteiger partial charge on any atom is -0.465 e. The molecule has 0 atom stereocenters. The number of methoxy groups -OCH3 is 1. The molecule has 0 unspecified atom stereocenters. The number of thiophene rings is 1. The lowest BCUT2D eigenvalue weighted by Gasteiger charge is -2.05. The molecule has 0 spiro atoms. The fourth-order valence-corrected chi connectivity index (χ4v) is 5.05. The molecule has 4 heterocycles. The Balaban J connectivity index is 1.50. The van der Waals surface area contributed by atoms with Gasteiger partial charge < -0.3 is 4.74 Å². The molecule has 0 N–H and O–H groups in total. The summed E-state index contributed by atoms with van der Waals surface area (Å²) >= 11 is 4.88. The van der Waals surface area contributed by atoms with Crippen molar-refractivity contribution in [3.63, 3.8) is 0 Å². The highest BCUT2D eigenvalue weighted by molar-refractivity contribution is 9.10. The van der Waals surface area contributed by atoms with Crippen molar-refractivity contribution in [1.82, 2.24) is 29.4 Å². The van der Waals surface area contributed by atoms with Gasteiger partial charge >= 0.3 is 5.97 Å². The summed E-state index contributed by atoms with van der Waals surface area (Å²) in [5.74, 6) is 0.235. The molecular formula is C22H19BrN6O2S. The van der Waals surface area contributed by atoms with Crippen LogP contribution in [0.4, 0.5) is 0 Å². The van der Waals surface area contributed by atoms with Crippen molar-refractivity contribution in [2.45, 2.75) is 27.3 Å². The summed E-state index contributed by atoms with van der Waals surface area (Å²) in [7, 11) is 1.38. The topological polar surface area (TPSA) is 87.2 Å². The second-order valence-electron chi connectivity index (χ2n) is 7.52. The van der Waals surface area contributed by atoms with E-state index in [0.717, 1.165) is 42.8 Å². The van der Waals surface area contributed by atoms with Crippen LogP contribution in [-0.2, 0) is 11.3 Å². The van der Waals surface area contributed by atoms with E-state index < -0.39 is 0 Å². The Morgan fingerprint density at radius 2 is 1.91 bits per heavy atom. The molecule has 32 heavy (non-hydrogen) atoms. The van der Waals surface area contributed by atoms with E-state index >= 15 is 0 Å². The van der Waals surface area contributed by atoms with Crippen LogP contribution in [0.1, 0.15) is 32.2 Å². The number of halogens is 1. The smallest absolute Gasteiger partial charge is 0.348 e. The molecule has 0 aliphatic rings. The van der Waals surface area contributed by atoms with Crippen LogP contribution in [0.2, 0.25) is 0 Å². The predicted octanol–water partition coefficient (Wildman–Crippen LogP) is 4.73. The highest BCUT2D eigenvalue weighted by Gasteiger charge is 2.21. The summed E-state index contributed by atoms with van der Waals surface area (Å²) in [4.78, 5) is 22.6. The zero-order chi connectivity index (χ0) is 22.6. The Kier molecular flexibility index (Phi) is 5.06. The number of hydrogen-bond acceptors (Lipinski definition) is 7. The van der Waals surface area contributed by atoms with Crippen molar-refractivity contribution in [3.05, 3.63) is 62.5 Å². The minimum atomic E-state index is -0.367. The summed E-state index contributed by atoms with van der Waals surface area (Å²) in [6, 6.07) is 8.14. The first-order valence-electron chi connectivity index (χ1n) is 9.89. The molecule has 5 rings (SSSR count). The lowest BCUT2D eigenvalue weighted by molar-refractivity contribution is 0.0605. The second kappa shape index (κ2) is 7.79. The maximum absolute atomic E-state index is 12.1. The van der Waals surface area contributed by atoms with Crippen molar-refractivity contribution >= 4 is 49.1 Å². The van der Waals surface area contributed by atoms with E-state index in [0.29, 0.717) is 22.9 Å². The average molecular weight is 511 g/mol. The fourth-order valence-electron chi connectivity index (χ4n) is 3.70. The third kappa shape index (κ3) is 3.30. The van der Waals surface area contributed by atoms with E-state index in [1.807, 2.05) is 37.6 Å². The van der Waals surface area contributed by atoms with E-state index in [1.54, 1.807) is 10.8 Å². The van der Waals surface area contributed by atoms with Crippen LogP contribution in [0, 0.1) is 20.8 Å². The third-order valence-corrected chi connectivity index (χ3v) is 7.80. The van der Waals surface area contributed by atoms with Gasteiger partial charge in [0.15, 0.2) is 11.5 Å². The van der Waals surface area contributed by atoms with Gasteiger partial charge in [0.2, 0.25) is 0 Å². The predicted molar refractivity (Wildman–Crippen MR) is 126 cm³/mol. The number of carbonyl (C=O) groups is 1. The molecule has 162 valence electrons. The van der Waals surface area contributed by atoms with Gasteiger partial charge in [0.1, 0.15) is 16.0 Å². The van der Waals surface area contributed by atoms with E-state index in [9.17, 15) is 4.79 Å². The molecule has 8 nitrogen and oxygen atoms in total. The second-order valence-corrected chi connectivity index (χ2v) is 9.31. The van der Waals surface area contributed by atoms with Gasteiger partial charge in [-0.2, -0.15) is 5.10 Å². The fraction of sp³-hybridized carbons (Fsp3) is 0.227. The highest BCUT2D eigenvalue weighted by Crippen LogP contribution is 2.33. The van der Waals surface area contributed by atoms with Crippen LogP contribution in [0.15, 0.2) is 35.1 Å². The zero-order valence-electron chi connectivity index (χ0n) is 17.9. The van der Waals surface area contributed by atoms with Gasteiger partial charge in [-0.3, -0.25) is 4.68 Å². The van der Waals surface area contributed by atoms with Gasteiger partial charge in [-0.05, 0) is 47.8 Å². The SMILES string of the molecule is COC(=O)c1sc2ncn3nc(-c4ccc(Cn5nc(C)c(Br)c5C)cc4)nc3c2c1C. The first kappa shape index (κ1) is 20.8. The van der Waals surface area contributed by atoms with Crippen LogP contribution in [0.5, 0.6) is 0 Å². The van der Waals surface area contributed by atoms with E-state index in [-0.39, 0.29) is 5.97 Å². The molecular weight excluding hydrogens is 492 g/mol. The number of rotatable bonds is 4. The van der Waals surface area contributed by atoms with Crippen LogP contribution in [0.25, 0.3) is 27.3 Å². The molecule has 0 bridgehead atoms. The standard InChI is InChI=1S/C22H19BrN6O2S/c1-11-16-20-25-19(27-29(20)10-24-21(16)32-18(11)22(30)31-4)15-7-5-14(6-8-15)9-28-13(3)17(23)12(2)26-28/h5-8,10H,9H2,1-4H3. The maximum atomic E-state index is 12.1. The molecule has 0 fully saturated rings. The van der Waals surface area contributed by atoms with Crippen molar-refractivity contribution in [2.75, 3.05) is 7.11 Å². The zero-order valence-corrected chi connectivity index (χ0v) is 20.3. The molecule has 10 heteroatoms. The number of hydrogen-bond donors (Lipinski definition) is 0. The minimum absolute atomic E-state index is 0.367. The largest absolute Gasteiger partial charge is 0.465 e. The lowest BCUT2D eigenvalue weighted by Crippen LogP contribution is -2.03. The third-order valence-electron chi connectivity index (χ3n) is 5.48. The monoisotopic (exact) mass is 510 g/mol. The average Bonchev–Trinajstić information content (AvgIpc) is 3.44. The summed E-state index contributed by atoms with van der Waals surface area (Å²) in [5, 5.41) is 10.00. The van der Waals surface area contributed by atoms with Crippen molar-refractivity contribution in [3.8, 4) is 11.4 Å². The molecule has 0 aliphatic heterocycles.